The zero-order valence-electron chi connectivity index (χ0n) is 19.2. The molecule has 0 saturated heterocycles. The number of hydrogen-bond donors (Lipinski definition) is 1. The molecule has 3 rings (SSSR count). The van der Waals surface area contributed by atoms with Gasteiger partial charge in [0.05, 0.1) is 12.2 Å². The van der Waals surface area contributed by atoms with Crippen molar-refractivity contribution in [2.45, 2.75) is 65.7 Å². The van der Waals surface area contributed by atoms with Crippen molar-refractivity contribution in [2.75, 3.05) is 0 Å². The van der Waals surface area contributed by atoms with Gasteiger partial charge >= 0.3 is 11.8 Å². The van der Waals surface area contributed by atoms with Crippen LogP contribution in [0.3, 0.4) is 0 Å². The summed E-state index contributed by atoms with van der Waals surface area (Å²) in [6.07, 6.45) is 2.92. The molecule has 2 aromatic carbocycles. The van der Waals surface area contributed by atoms with Crippen LogP contribution in [0.25, 0.3) is 11.1 Å². The molecule has 0 fully saturated rings. The molecule has 1 N–H and O–H groups in total. The fraction of sp³-hybridized carbons (Fsp3) is 0.385. The van der Waals surface area contributed by atoms with Crippen molar-refractivity contribution in [3.8, 4) is 16.9 Å². The second-order valence-electron chi connectivity index (χ2n) is 8.07. The van der Waals surface area contributed by atoms with Crippen LogP contribution >= 0.6 is 0 Å². The highest BCUT2D eigenvalue weighted by Crippen LogP contribution is 2.30. The maximum atomic E-state index is 14.0. The number of halogens is 1. The van der Waals surface area contributed by atoms with E-state index in [1.807, 2.05) is 30.3 Å². The van der Waals surface area contributed by atoms with Crippen LogP contribution in [0.15, 0.2) is 53.3 Å². The smallest absolute Gasteiger partial charge is 0.449 e. The predicted octanol–water partition coefficient (Wildman–Crippen LogP) is 6.03. The second-order valence-corrected chi connectivity index (χ2v) is 8.07. The number of benzene rings is 2. The highest BCUT2D eigenvalue weighted by atomic mass is 19.1. The number of alkyl halides is 1. The van der Waals surface area contributed by atoms with Crippen LogP contribution in [0.5, 0.6) is 5.75 Å². The molecular weight excluding hydrogens is 423 g/mol. The Balaban J connectivity index is 1.93. The minimum absolute atomic E-state index is 0.161. The van der Waals surface area contributed by atoms with E-state index in [0.29, 0.717) is 30.8 Å². The molecule has 33 heavy (non-hydrogen) atoms. The zero-order chi connectivity index (χ0) is 23.8. The second kappa shape index (κ2) is 11.5. The molecule has 0 atom stereocenters. The van der Waals surface area contributed by atoms with Crippen LogP contribution in [0.4, 0.5) is 9.18 Å². The molecule has 3 aromatic rings. The molecule has 0 unspecified atom stereocenters. The van der Waals surface area contributed by atoms with E-state index in [1.54, 1.807) is 27.3 Å². The Morgan fingerprint density at radius 3 is 2.30 bits per heavy atom. The number of imidazole rings is 1. The summed E-state index contributed by atoms with van der Waals surface area (Å²) in [6.45, 7) is 4.37. The number of unbranched alkanes of at least 4 members (excludes halogenated alkanes) is 2. The minimum atomic E-state index is -1.37. The van der Waals surface area contributed by atoms with Crippen molar-refractivity contribution < 1.29 is 19.0 Å². The van der Waals surface area contributed by atoms with Crippen molar-refractivity contribution in [3.63, 3.8) is 0 Å². The fourth-order valence-corrected chi connectivity index (χ4v) is 4.03. The standard InChI is InChI=1S/C26H31FN2O4/c1-3-5-10-22-23(17-27)28(16-6-4-2)25(30)29(22)18-19-12-14-20(15-13-19)21-9-7-8-11-24(21)33-26(31)32/h7-9,11-15H,3-6,10,16-18H2,1-2H3,(H,31,32). The SMILES string of the molecule is CCCCc1c(CF)n(CCCC)c(=O)n1Cc1ccc(-c2ccccc2OC(=O)O)cc1. The van der Waals surface area contributed by atoms with Crippen LogP contribution < -0.4 is 10.4 Å². The molecule has 6 nitrogen and oxygen atoms in total. The first kappa shape index (κ1) is 24.3. The lowest BCUT2D eigenvalue weighted by Crippen LogP contribution is -2.26. The summed E-state index contributed by atoms with van der Waals surface area (Å²) < 4.78 is 22.2. The fourth-order valence-electron chi connectivity index (χ4n) is 4.03. The number of carboxylic acid groups (broad SMARTS) is 1. The summed E-state index contributed by atoms with van der Waals surface area (Å²) in [7, 11) is 0. The summed E-state index contributed by atoms with van der Waals surface area (Å²) in [5.74, 6) is 0.261. The minimum Gasteiger partial charge on any atom is -0.449 e. The Hall–Kier alpha value is -3.35. The Morgan fingerprint density at radius 1 is 0.970 bits per heavy atom. The molecule has 0 radical (unpaired) electrons. The molecular formula is C26H31FN2O4. The van der Waals surface area contributed by atoms with Gasteiger partial charge in [0.15, 0.2) is 0 Å². The van der Waals surface area contributed by atoms with E-state index in [1.165, 1.54) is 0 Å². The van der Waals surface area contributed by atoms with E-state index in [2.05, 4.69) is 13.8 Å². The maximum Gasteiger partial charge on any atom is 0.511 e. The molecule has 0 amide bonds. The van der Waals surface area contributed by atoms with E-state index in [9.17, 15) is 14.0 Å². The summed E-state index contributed by atoms with van der Waals surface area (Å²) in [4.78, 5) is 24.2. The van der Waals surface area contributed by atoms with Crippen LogP contribution in [0, 0.1) is 0 Å². The number of para-hydroxylation sites is 1. The number of hydrogen-bond acceptors (Lipinski definition) is 3. The maximum absolute atomic E-state index is 14.0. The first-order valence-corrected chi connectivity index (χ1v) is 11.5. The van der Waals surface area contributed by atoms with Gasteiger partial charge in [0, 0.05) is 17.8 Å². The van der Waals surface area contributed by atoms with Crippen molar-refractivity contribution in [1.29, 1.82) is 0 Å². The van der Waals surface area contributed by atoms with E-state index < -0.39 is 12.8 Å². The van der Waals surface area contributed by atoms with Crippen molar-refractivity contribution >= 4 is 6.16 Å². The van der Waals surface area contributed by atoms with Gasteiger partial charge in [0.25, 0.3) is 0 Å². The first-order chi connectivity index (χ1) is 16.0. The molecule has 0 spiro atoms. The molecule has 1 aromatic heterocycles. The quantitative estimate of drug-likeness (QED) is 0.283. The van der Waals surface area contributed by atoms with Gasteiger partial charge in [-0.05, 0) is 36.5 Å². The van der Waals surface area contributed by atoms with Gasteiger partial charge in [0.1, 0.15) is 12.4 Å². The average molecular weight is 455 g/mol. The highest BCUT2D eigenvalue weighted by Gasteiger charge is 2.19. The lowest BCUT2D eigenvalue weighted by Gasteiger charge is -2.11. The number of nitrogens with zero attached hydrogens (tertiary/aromatic N) is 2. The lowest BCUT2D eigenvalue weighted by atomic mass is 10.0. The first-order valence-electron chi connectivity index (χ1n) is 11.5. The van der Waals surface area contributed by atoms with E-state index in [-0.39, 0.29) is 11.4 Å². The summed E-state index contributed by atoms with van der Waals surface area (Å²) in [5, 5.41) is 8.98. The van der Waals surface area contributed by atoms with Gasteiger partial charge < -0.3 is 9.84 Å². The molecule has 0 aliphatic carbocycles. The van der Waals surface area contributed by atoms with E-state index in [4.69, 9.17) is 9.84 Å². The molecule has 7 heteroatoms. The molecule has 0 bridgehead atoms. The third kappa shape index (κ3) is 5.72. The molecule has 0 aliphatic rings. The van der Waals surface area contributed by atoms with Crippen LogP contribution in [0.1, 0.15) is 56.5 Å². The zero-order valence-corrected chi connectivity index (χ0v) is 19.2. The Morgan fingerprint density at radius 2 is 1.67 bits per heavy atom. The number of rotatable bonds is 11. The summed E-state index contributed by atoms with van der Waals surface area (Å²) >= 11 is 0. The third-order valence-corrected chi connectivity index (χ3v) is 5.77. The Bertz CT molecular complexity index is 1130. The van der Waals surface area contributed by atoms with Crippen LogP contribution in [0.2, 0.25) is 0 Å². The predicted molar refractivity (Wildman–Crippen MR) is 127 cm³/mol. The van der Waals surface area contributed by atoms with Crippen molar-refractivity contribution in [1.82, 2.24) is 9.13 Å². The number of carbonyl (C=O) groups is 1. The number of ether oxygens (including phenoxy) is 1. The van der Waals surface area contributed by atoms with E-state index in [0.717, 1.165) is 42.5 Å². The Kier molecular flexibility index (Phi) is 8.46. The van der Waals surface area contributed by atoms with Crippen molar-refractivity contribution in [2.24, 2.45) is 0 Å². The van der Waals surface area contributed by atoms with Gasteiger partial charge in [-0.2, -0.15) is 0 Å². The molecule has 0 saturated carbocycles. The lowest BCUT2D eigenvalue weighted by molar-refractivity contribution is 0.144. The molecule has 0 aliphatic heterocycles. The Labute approximate surface area is 193 Å². The van der Waals surface area contributed by atoms with Crippen molar-refractivity contribution in [3.05, 3.63) is 76.0 Å². The van der Waals surface area contributed by atoms with Gasteiger partial charge in [-0.15, -0.1) is 0 Å². The number of aromatic nitrogens is 2. The monoisotopic (exact) mass is 454 g/mol. The van der Waals surface area contributed by atoms with Gasteiger partial charge in [0.2, 0.25) is 0 Å². The normalized spacial score (nSPS) is 11.0. The van der Waals surface area contributed by atoms with E-state index >= 15 is 0 Å². The average Bonchev–Trinajstić information content (AvgIpc) is 3.06. The third-order valence-electron chi connectivity index (χ3n) is 5.77. The molecule has 176 valence electrons. The largest absolute Gasteiger partial charge is 0.511 e. The summed E-state index contributed by atoms with van der Waals surface area (Å²) in [6, 6.07) is 14.5. The van der Waals surface area contributed by atoms with Gasteiger partial charge in [-0.25, -0.2) is 14.0 Å². The van der Waals surface area contributed by atoms with Crippen LogP contribution in [-0.4, -0.2) is 20.4 Å². The summed E-state index contributed by atoms with van der Waals surface area (Å²) in [5.41, 5.74) is 3.50. The topological polar surface area (TPSA) is 73.5 Å². The van der Waals surface area contributed by atoms with Gasteiger partial charge in [-0.1, -0.05) is 69.2 Å². The van der Waals surface area contributed by atoms with Gasteiger partial charge in [-0.3, -0.25) is 9.13 Å². The highest BCUT2D eigenvalue weighted by molar-refractivity contribution is 5.74. The molecule has 1 heterocycles. The van der Waals surface area contributed by atoms with Crippen LogP contribution in [-0.2, 0) is 26.2 Å².